The minimum absolute atomic E-state index is 0.0392. The van der Waals surface area contributed by atoms with Crippen LogP contribution < -0.4 is 5.32 Å². The molecule has 0 bridgehead atoms. The normalized spacial score (nSPS) is 17.5. The van der Waals surface area contributed by atoms with E-state index in [1.807, 2.05) is 30.3 Å². The Balaban J connectivity index is 1.74. The van der Waals surface area contributed by atoms with Crippen LogP contribution in [0.25, 0.3) is 11.3 Å². The average molecular weight is 466 g/mol. The number of carbonyl (C=O) groups is 2. The summed E-state index contributed by atoms with van der Waals surface area (Å²) in [4.78, 5) is 30.7. The fraction of sp³-hybridized carbons (Fsp3) is 0.250. The summed E-state index contributed by atoms with van der Waals surface area (Å²) in [5, 5.41) is 3.66. The average Bonchev–Trinajstić information content (AvgIpc) is 3.44. The van der Waals surface area contributed by atoms with E-state index in [0.29, 0.717) is 27.8 Å². The predicted octanol–water partition coefficient (Wildman–Crippen LogP) is 3.66. The Morgan fingerprint density at radius 2 is 1.94 bits per heavy atom. The van der Waals surface area contributed by atoms with Crippen molar-refractivity contribution in [3.63, 3.8) is 0 Å². The third-order valence-corrected chi connectivity index (χ3v) is 5.67. The first-order valence-corrected chi connectivity index (χ1v) is 10.9. The minimum Gasteiger partial charge on any atom is -0.465 e. The summed E-state index contributed by atoms with van der Waals surface area (Å²) in [7, 11) is 1.34. The molecule has 1 aliphatic rings. The second kappa shape index (κ2) is 9.83. The van der Waals surface area contributed by atoms with Gasteiger partial charge >= 0.3 is 11.9 Å². The molecule has 1 fully saturated rings. The van der Waals surface area contributed by atoms with E-state index in [4.69, 9.17) is 26.1 Å². The Morgan fingerprint density at radius 1 is 1.15 bits per heavy atom. The number of nitrogens with zero attached hydrogens (tertiary/aromatic N) is 2. The van der Waals surface area contributed by atoms with Crippen molar-refractivity contribution in [3.05, 3.63) is 77.8 Å². The van der Waals surface area contributed by atoms with Gasteiger partial charge in [0, 0.05) is 11.8 Å². The number of furan rings is 1. The van der Waals surface area contributed by atoms with Gasteiger partial charge in [0.1, 0.15) is 24.1 Å². The van der Waals surface area contributed by atoms with Gasteiger partial charge in [-0.2, -0.15) is 0 Å². The van der Waals surface area contributed by atoms with Crippen LogP contribution in [0.2, 0.25) is 0 Å². The van der Waals surface area contributed by atoms with Crippen LogP contribution in [0.4, 0.5) is 0 Å². The lowest BCUT2D eigenvalue weighted by Crippen LogP contribution is -2.35. The second-order valence-electron chi connectivity index (χ2n) is 7.30. The number of thiocarbonyl (C=S) groups is 1. The Hall–Kier alpha value is -3.72. The molecular weight excluding hydrogens is 442 g/mol. The van der Waals surface area contributed by atoms with Gasteiger partial charge in [0.05, 0.1) is 31.0 Å². The topological polar surface area (TPSA) is 93.9 Å². The predicted molar refractivity (Wildman–Crippen MR) is 124 cm³/mol. The fourth-order valence-electron chi connectivity index (χ4n) is 3.87. The standard InChI is InChI=1S/C24H23N3O5S/c1-3-31-20(28)14-27-22(21(26-24(27)33)17-10-6-7-13-25-17)19-12-11-18(32-19)15-8-4-5-9-16(15)23(29)30-2/h4-13,21-22H,3,14H2,1-2H3,(H,26,33)/t21-,22+/m1/s1. The zero-order valence-corrected chi connectivity index (χ0v) is 19.0. The van der Waals surface area contributed by atoms with Crippen molar-refractivity contribution in [3.8, 4) is 11.3 Å². The van der Waals surface area contributed by atoms with Gasteiger partial charge in [-0.3, -0.25) is 9.78 Å². The largest absolute Gasteiger partial charge is 0.465 e. The van der Waals surface area contributed by atoms with Crippen LogP contribution in [-0.4, -0.2) is 47.2 Å². The zero-order chi connectivity index (χ0) is 23.4. The van der Waals surface area contributed by atoms with E-state index in [9.17, 15) is 9.59 Å². The van der Waals surface area contributed by atoms with Crippen molar-refractivity contribution in [2.24, 2.45) is 0 Å². The Bertz CT molecular complexity index is 1160. The molecule has 4 rings (SSSR count). The Labute approximate surface area is 196 Å². The number of pyridine rings is 1. The second-order valence-corrected chi connectivity index (χ2v) is 7.69. The van der Waals surface area contributed by atoms with Crippen LogP contribution >= 0.6 is 12.2 Å². The van der Waals surface area contributed by atoms with Gasteiger partial charge in [-0.05, 0) is 49.5 Å². The van der Waals surface area contributed by atoms with E-state index in [-0.39, 0.29) is 19.2 Å². The minimum atomic E-state index is -0.456. The molecule has 1 saturated heterocycles. The summed E-state index contributed by atoms with van der Waals surface area (Å²) in [6, 6.07) is 15.5. The van der Waals surface area contributed by atoms with E-state index in [1.54, 1.807) is 42.3 Å². The summed E-state index contributed by atoms with van der Waals surface area (Å²) in [5.74, 6) is 0.218. The van der Waals surface area contributed by atoms with Crippen molar-refractivity contribution in [2.75, 3.05) is 20.3 Å². The molecule has 0 saturated carbocycles. The van der Waals surface area contributed by atoms with E-state index < -0.39 is 18.0 Å². The number of rotatable bonds is 7. The third-order valence-electron chi connectivity index (χ3n) is 5.32. The molecule has 2 aromatic heterocycles. The lowest BCUT2D eigenvalue weighted by molar-refractivity contribution is -0.143. The Kier molecular flexibility index (Phi) is 6.69. The molecule has 8 nitrogen and oxygen atoms in total. The summed E-state index contributed by atoms with van der Waals surface area (Å²) in [6.45, 7) is 1.99. The van der Waals surface area contributed by atoms with Crippen LogP contribution in [0.1, 0.15) is 40.8 Å². The number of hydrogen-bond donors (Lipinski definition) is 1. The van der Waals surface area contributed by atoms with Crippen molar-refractivity contribution in [1.82, 2.24) is 15.2 Å². The van der Waals surface area contributed by atoms with E-state index in [2.05, 4.69) is 10.3 Å². The molecule has 0 radical (unpaired) electrons. The summed E-state index contributed by atoms with van der Waals surface area (Å²) < 4.78 is 16.3. The van der Waals surface area contributed by atoms with Crippen molar-refractivity contribution in [2.45, 2.75) is 19.0 Å². The monoisotopic (exact) mass is 465 g/mol. The Morgan fingerprint density at radius 3 is 2.67 bits per heavy atom. The summed E-state index contributed by atoms with van der Waals surface area (Å²) in [6.07, 6.45) is 1.70. The van der Waals surface area contributed by atoms with Crippen LogP contribution in [0.15, 0.2) is 65.2 Å². The smallest absolute Gasteiger partial charge is 0.338 e. The number of methoxy groups -OCH3 is 1. The quantitative estimate of drug-likeness (QED) is 0.414. The van der Waals surface area contributed by atoms with Crippen molar-refractivity contribution < 1.29 is 23.5 Å². The number of carbonyl (C=O) groups excluding carboxylic acids is 2. The number of esters is 2. The number of benzene rings is 1. The summed E-state index contributed by atoms with van der Waals surface area (Å²) >= 11 is 5.54. The molecule has 1 N–H and O–H groups in total. The van der Waals surface area contributed by atoms with Gasteiger partial charge in [-0.25, -0.2) is 4.79 Å². The van der Waals surface area contributed by atoms with Gasteiger partial charge < -0.3 is 24.1 Å². The molecular formula is C24H23N3O5S. The SMILES string of the molecule is CCOC(=O)CN1C(=S)N[C@H](c2ccccn2)[C@@H]1c1ccc(-c2ccccc2C(=O)OC)o1. The summed E-state index contributed by atoms with van der Waals surface area (Å²) in [5.41, 5.74) is 1.75. The first-order chi connectivity index (χ1) is 16.0. The molecule has 0 aliphatic carbocycles. The molecule has 2 atom stereocenters. The van der Waals surface area contributed by atoms with Gasteiger partial charge in [0.25, 0.3) is 0 Å². The molecule has 33 heavy (non-hydrogen) atoms. The molecule has 1 aromatic carbocycles. The van der Waals surface area contributed by atoms with Gasteiger partial charge in [-0.1, -0.05) is 24.3 Å². The first kappa shape index (κ1) is 22.5. The molecule has 0 unspecified atom stereocenters. The number of aromatic nitrogens is 1. The van der Waals surface area contributed by atoms with Gasteiger partial charge in [-0.15, -0.1) is 0 Å². The number of hydrogen-bond acceptors (Lipinski definition) is 7. The van der Waals surface area contributed by atoms with Crippen LogP contribution in [-0.2, 0) is 14.3 Å². The van der Waals surface area contributed by atoms with E-state index in [0.717, 1.165) is 5.69 Å². The molecule has 3 heterocycles. The highest BCUT2D eigenvalue weighted by Gasteiger charge is 2.42. The maximum Gasteiger partial charge on any atom is 0.338 e. The highest BCUT2D eigenvalue weighted by atomic mass is 32.1. The number of ether oxygens (including phenoxy) is 2. The third kappa shape index (κ3) is 4.58. The molecule has 1 aliphatic heterocycles. The molecule has 0 spiro atoms. The van der Waals surface area contributed by atoms with E-state index in [1.165, 1.54) is 7.11 Å². The van der Waals surface area contributed by atoms with Crippen LogP contribution in [0.5, 0.6) is 0 Å². The maximum atomic E-state index is 12.3. The highest BCUT2D eigenvalue weighted by molar-refractivity contribution is 7.80. The maximum absolute atomic E-state index is 12.3. The molecule has 0 amide bonds. The lowest BCUT2D eigenvalue weighted by atomic mass is 10.0. The lowest BCUT2D eigenvalue weighted by Gasteiger charge is -2.25. The van der Waals surface area contributed by atoms with Gasteiger partial charge in [0.15, 0.2) is 5.11 Å². The van der Waals surface area contributed by atoms with Crippen LogP contribution in [0.3, 0.4) is 0 Å². The fourth-order valence-corrected chi connectivity index (χ4v) is 4.18. The van der Waals surface area contributed by atoms with Crippen molar-refractivity contribution in [1.29, 1.82) is 0 Å². The van der Waals surface area contributed by atoms with Gasteiger partial charge in [0.2, 0.25) is 0 Å². The van der Waals surface area contributed by atoms with Crippen LogP contribution in [0, 0.1) is 0 Å². The molecule has 9 heteroatoms. The first-order valence-electron chi connectivity index (χ1n) is 10.4. The zero-order valence-electron chi connectivity index (χ0n) is 18.2. The molecule has 3 aromatic rings. The number of nitrogens with one attached hydrogen (secondary N) is 1. The highest BCUT2D eigenvalue weighted by Crippen LogP contribution is 2.40. The van der Waals surface area contributed by atoms with Crippen molar-refractivity contribution >= 4 is 29.3 Å². The molecule has 170 valence electrons. The van der Waals surface area contributed by atoms with E-state index >= 15 is 0 Å².